The second-order valence-electron chi connectivity index (χ2n) is 4.89. The number of nitriles is 1. The van der Waals surface area contributed by atoms with Gasteiger partial charge in [0, 0.05) is 19.1 Å². The van der Waals surface area contributed by atoms with Gasteiger partial charge in [-0.2, -0.15) is 5.26 Å². The van der Waals surface area contributed by atoms with E-state index in [9.17, 15) is 4.39 Å². The number of rotatable bonds is 4. The minimum atomic E-state index is -0.292. The maximum atomic E-state index is 14.0. The number of hydrogen-bond donors (Lipinski definition) is 0. The highest BCUT2D eigenvalue weighted by atomic mass is 19.1. The van der Waals surface area contributed by atoms with Gasteiger partial charge in [-0.15, -0.1) is 0 Å². The van der Waals surface area contributed by atoms with Gasteiger partial charge >= 0.3 is 0 Å². The van der Waals surface area contributed by atoms with E-state index in [0.29, 0.717) is 17.3 Å². The highest BCUT2D eigenvalue weighted by molar-refractivity contribution is 5.52. The van der Waals surface area contributed by atoms with Crippen LogP contribution in [0.2, 0.25) is 0 Å². The quantitative estimate of drug-likeness (QED) is 0.834. The van der Waals surface area contributed by atoms with E-state index >= 15 is 0 Å². The lowest BCUT2D eigenvalue weighted by Crippen LogP contribution is -2.37. The first kappa shape index (κ1) is 13.8. The van der Waals surface area contributed by atoms with Gasteiger partial charge in [-0.3, -0.25) is 4.90 Å². The molecule has 1 aliphatic heterocycles. The molecule has 4 heteroatoms. The Balaban J connectivity index is 2.11. The average molecular weight is 261 g/mol. The van der Waals surface area contributed by atoms with Crippen LogP contribution in [0, 0.1) is 17.1 Å². The first-order valence-electron chi connectivity index (χ1n) is 6.88. The smallest absolute Gasteiger partial charge is 0.147 e. The molecule has 0 amide bonds. The molecule has 2 rings (SSSR count). The molecular weight excluding hydrogens is 241 g/mol. The molecule has 1 atom stereocenters. The van der Waals surface area contributed by atoms with Crippen molar-refractivity contribution in [2.75, 3.05) is 31.1 Å². The molecular formula is C15H20FN3. The zero-order valence-electron chi connectivity index (χ0n) is 11.6. The van der Waals surface area contributed by atoms with E-state index in [-0.39, 0.29) is 5.82 Å². The Morgan fingerprint density at radius 1 is 1.42 bits per heavy atom. The summed E-state index contributed by atoms with van der Waals surface area (Å²) in [7, 11) is 0. The molecule has 1 unspecified atom stereocenters. The van der Waals surface area contributed by atoms with Crippen LogP contribution in [0.5, 0.6) is 0 Å². The third-order valence-electron chi connectivity index (χ3n) is 3.91. The molecule has 1 saturated heterocycles. The van der Waals surface area contributed by atoms with Gasteiger partial charge in [-0.05, 0) is 37.7 Å². The lowest BCUT2D eigenvalue weighted by molar-refractivity contribution is 0.232. The highest BCUT2D eigenvalue weighted by Gasteiger charge is 2.27. The van der Waals surface area contributed by atoms with E-state index in [1.807, 2.05) is 6.07 Å². The van der Waals surface area contributed by atoms with Gasteiger partial charge in [0.15, 0.2) is 0 Å². The summed E-state index contributed by atoms with van der Waals surface area (Å²) in [5, 5.41) is 8.76. The van der Waals surface area contributed by atoms with Crippen molar-refractivity contribution in [3.8, 4) is 6.07 Å². The van der Waals surface area contributed by atoms with Crippen molar-refractivity contribution in [2.45, 2.75) is 26.3 Å². The predicted octanol–water partition coefficient (Wildman–Crippen LogP) is 2.62. The Bertz CT molecular complexity index is 477. The Morgan fingerprint density at radius 3 is 2.74 bits per heavy atom. The molecule has 1 aliphatic rings. The van der Waals surface area contributed by atoms with Crippen LogP contribution in [-0.2, 0) is 0 Å². The van der Waals surface area contributed by atoms with Gasteiger partial charge in [0.25, 0.3) is 0 Å². The van der Waals surface area contributed by atoms with Crippen LogP contribution in [0.15, 0.2) is 18.2 Å². The number of hydrogen-bond acceptors (Lipinski definition) is 3. The van der Waals surface area contributed by atoms with Gasteiger partial charge in [0.1, 0.15) is 5.82 Å². The molecule has 0 radical (unpaired) electrons. The van der Waals surface area contributed by atoms with Gasteiger partial charge in [0.2, 0.25) is 0 Å². The van der Waals surface area contributed by atoms with Crippen LogP contribution >= 0.6 is 0 Å². The molecule has 0 spiro atoms. The second kappa shape index (κ2) is 6.03. The monoisotopic (exact) mass is 261 g/mol. The van der Waals surface area contributed by atoms with E-state index < -0.39 is 0 Å². The summed E-state index contributed by atoms with van der Waals surface area (Å²) < 4.78 is 14.0. The van der Waals surface area contributed by atoms with Crippen molar-refractivity contribution < 1.29 is 4.39 Å². The number of halogens is 1. The van der Waals surface area contributed by atoms with Crippen LogP contribution in [0.1, 0.15) is 25.8 Å². The van der Waals surface area contributed by atoms with Crippen molar-refractivity contribution in [1.29, 1.82) is 5.26 Å². The SMILES string of the molecule is CCN(CC)C1CCN(c2ccc(C#N)cc2F)C1. The minimum Gasteiger partial charge on any atom is -0.368 e. The lowest BCUT2D eigenvalue weighted by Gasteiger charge is -2.26. The van der Waals surface area contributed by atoms with Gasteiger partial charge < -0.3 is 4.90 Å². The molecule has 1 fully saturated rings. The number of benzene rings is 1. The summed E-state index contributed by atoms with van der Waals surface area (Å²) in [5.74, 6) is -0.292. The fourth-order valence-corrected chi connectivity index (χ4v) is 2.83. The third kappa shape index (κ3) is 2.87. The van der Waals surface area contributed by atoms with Crippen LogP contribution in [0.3, 0.4) is 0 Å². The summed E-state index contributed by atoms with van der Waals surface area (Å²) in [5.41, 5.74) is 0.995. The predicted molar refractivity (Wildman–Crippen MR) is 74.7 cm³/mol. The number of nitrogens with zero attached hydrogens (tertiary/aromatic N) is 3. The lowest BCUT2D eigenvalue weighted by atomic mass is 10.2. The molecule has 0 saturated carbocycles. The van der Waals surface area contributed by atoms with Crippen LogP contribution in [0.4, 0.5) is 10.1 Å². The Morgan fingerprint density at radius 2 is 2.16 bits per heavy atom. The average Bonchev–Trinajstić information content (AvgIpc) is 2.89. The van der Waals surface area contributed by atoms with Gasteiger partial charge in [-0.25, -0.2) is 4.39 Å². The van der Waals surface area contributed by atoms with Crippen LogP contribution in [0.25, 0.3) is 0 Å². The van der Waals surface area contributed by atoms with Crippen molar-refractivity contribution in [1.82, 2.24) is 4.90 Å². The first-order chi connectivity index (χ1) is 9.19. The second-order valence-corrected chi connectivity index (χ2v) is 4.89. The van der Waals surface area contributed by atoms with Crippen molar-refractivity contribution in [2.24, 2.45) is 0 Å². The maximum absolute atomic E-state index is 14.0. The third-order valence-corrected chi connectivity index (χ3v) is 3.91. The minimum absolute atomic E-state index is 0.292. The van der Waals surface area contributed by atoms with E-state index in [0.717, 1.165) is 32.6 Å². The van der Waals surface area contributed by atoms with E-state index in [4.69, 9.17) is 5.26 Å². The fourth-order valence-electron chi connectivity index (χ4n) is 2.83. The molecule has 1 heterocycles. The zero-order chi connectivity index (χ0) is 13.8. The van der Waals surface area contributed by atoms with Gasteiger partial charge in [0.05, 0.1) is 17.3 Å². The molecule has 19 heavy (non-hydrogen) atoms. The van der Waals surface area contributed by atoms with Crippen LogP contribution in [-0.4, -0.2) is 37.1 Å². The normalized spacial score (nSPS) is 18.9. The molecule has 0 bridgehead atoms. The molecule has 0 N–H and O–H groups in total. The Hall–Kier alpha value is -1.60. The van der Waals surface area contributed by atoms with Gasteiger partial charge in [-0.1, -0.05) is 13.8 Å². The number of likely N-dealkylation sites (N-methyl/N-ethyl adjacent to an activating group) is 1. The summed E-state index contributed by atoms with van der Waals surface area (Å²) >= 11 is 0. The molecule has 1 aromatic rings. The maximum Gasteiger partial charge on any atom is 0.147 e. The fraction of sp³-hybridized carbons (Fsp3) is 0.533. The van der Waals surface area contributed by atoms with Crippen molar-refractivity contribution in [3.05, 3.63) is 29.6 Å². The topological polar surface area (TPSA) is 30.3 Å². The molecule has 1 aromatic carbocycles. The summed E-state index contributed by atoms with van der Waals surface area (Å²) in [6, 6.07) is 7.19. The molecule has 3 nitrogen and oxygen atoms in total. The molecule has 0 aromatic heterocycles. The highest BCUT2D eigenvalue weighted by Crippen LogP contribution is 2.26. The zero-order valence-corrected chi connectivity index (χ0v) is 11.6. The molecule has 102 valence electrons. The van der Waals surface area contributed by atoms with E-state index in [1.54, 1.807) is 12.1 Å². The largest absolute Gasteiger partial charge is 0.368 e. The van der Waals surface area contributed by atoms with Crippen molar-refractivity contribution in [3.63, 3.8) is 0 Å². The standard InChI is InChI=1S/C15H20FN3/c1-3-18(4-2)13-7-8-19(11-13)15-6-5-12(10-17)9-14(15)16/h5-6,9,13H,3-4,7-8,11H2,1-2H3. The summed E-state index contributed by atoms with van der Waals surface area (Å²) in [6.45, 7) is 8.13. The van der Waals surface area contributed by atoms with E-state index in [2.05, 4.69) is 23.6 Å². The Labute approximate surface area is 114 Å². The number of anilines is 1. The first-order valence-corrected chi connectivity index (χ1v) is 6.88. The summed E-state index contributed by atoms with van der Waals surface area (Å²) in [4.78, 5) is 4.50. The van der Waals surface area contributed by atoms with E-state index in [1.165, 1.54) is 6.07 Å². The van der Waals surface area contributed by atoms with Crippen LogP contribution < -0.4 is 4.90 Å². The summed E-state index contributed by atoms with van der Waals surface area (Å²) in [6.07, 6.45) is 1.07. The molecule has 0 aliphatic carbocycles. The van der Waals surface area contributed by atoms with Crippen molar-refractivity contribution >= 4 is 5.69 Å². The Kier molecular flexibility index (Phi) is 4.39.